The molecule has 2 aliphatic rings. The zero-order chi connectivity index (χ0) is 6.97. The Bertz CT molecular complexity index is 275. The number of hydrogen-bond acceptors (Lipinski definition) is 2. The maximum absolute atomic E-state index is 11.1. The van der Waals surface area contributed by atoms with Crippen molar-refractivity contribution < 1.29 is 4.21 Å². The van der Waals surface area contributed by atoms with Crippen molar-refractivity contribution >= 4 is 17.0 Å². The molecule has 1 unspecified atom stereocenters. The fourth-order valence-corrected chi connectivity index (χ4v) is 2.29. The molecule has 3 heteroatoms. The fourth-order valence-electron chi connectivity index (χ4n) is 1.11. The summed E-state index contributed by atoms with van der Waals surface area (Å²) in [6.45, 7) is 0.720. The summed E-state index contributed by atoms with van der Waals surface area (Å²) in [6, 6.07) is 0. The second-order valence-corrected chi connectivity index (χ2v) is 3.73. The number of aliphatic imine (C=N–C) groups is 1. The van der Waals surface area contributed by atoms with E-state index in [4.69, 9.17) is 0 Å². The minimum atomic E-state index is -0.762. The summed E-state index contributed by atoms with van der Waals surface area (Å²) in [4.78, 5) is 5.03. The highest BCUT2D eigenvalue weighted by Gasteiger charge is 2.19. The van der Waals surface area contributed by atoms with Gasteiger partial charge in [0, 0.05) is 16.9 Å². The third kappa shape index (κ3) is 0.778. The lowest BCUT2D eigenvalue weighted by molar-refractivity contribution is 0.689. The van der Waals surface area contributed by atoms with E-state index in [0.29, 0.717) is 5.75 Å². The van der Waals surface area contributed by atoms with Crippen LogP contribution in [0.1, 0.15) is 0 Å². The number of allylic oxidation sites excluding steroid dienone is 1. The van der Waals surface area contributed by atoms with E-state index in [-0.39, 0.29) is 0 Å². The highest BCUT2D eigenvalue weighted by Crippen LogP contribution is 2.23. The van der Waals surface area contributed by atoms with Crippen molar-refractivity contribution in [3.8, 4) is 0 Å². The molecule has 2 heterocycles. The number of hydrogen-bond donors (Lipinski definition) is 0. The van der Waals surface area contributed by atoms with Gasteiger partial charge in [-0.1, -0.05) is 6.08 Å². The third-order valence-electron chi connectivity index (χ3n) is 1.64. The molecular formula is C7H7NOS. The Morgan fingerprint density at radius 2 is 2.50 bits per heavy atom. The molecule has 0 aromatic carbocycles. The highest BCUT2D eigenvalue weighted by molar-refractivity contribution is 7.89. The molecule has 2 rings (SSSR count). The number of rotatable bonds is 0. The molecule has 0 N–H and O–H groups in total. The lowest BCUT2D eigenvalue weighted by Gasteiger charge is -2.03. The molecule has 2 nitrogen and oxygen atoms in total. The molecular weight excluding hydrogens is 146 g/mol. The molecule has 0 saturated carbocycles. The van der Waals surface area contributed by atoms with Gasteiger partial charge in [0.1, 0.15) is 0 Å². The minimum Gasteiger partial charge on any atom is -0.288 e. The van der Waals surface area contributed by atoms with E-state index in [1.807, 2.05) is 12.2 Å². The Labute approximate surface area is 61.8 Å². The Morgan fingerprint density at radius 1 is 1.60 bits per heavy atom. The van der Waals surface area contributed by atoms with Gasteiger partial charge < -0.3 is 0 Å². The maximum Gasteiger partial charge on any atom is 0.0648 e. The molecule has 0 saturated heterocycles. The molecule has 52 valence electrons. The minimum absolute atomic E-state index is 0.685. The van der Waals surface area contributed by atoms with Crippen LogP contribution in [0.5, 0.6) is 0 Å². The van der Waals surface area contributed by atoms with Gasteiger partial charge in [0.15, 0.2) is 0 Å². The quantitative estimate of drug-likeness (QED) is 0.502. The van der Waals surface area contributed by atoms with Crippen LogP contribution in [0.25, 0.3) is 0 Å². The Balaban J connectivity index is 2.46. The highest BCUT2D eigenvalue weighted by atomic mass is 32.2. The van der Waals surface area contributed by atoms with Crippen LogP contribution in [0.15, 0.2) is 27.6 Å². The molecule has 0 aliphatic carbocycles. The van der Waals surface area contributed by atoms with E-state index < -0.39 is 10.8 Å². The molecule has 0 amide bonds. The van der Waals surface area contributed by atoms with Crippen molar-refractivity contribution in [3.05, 3.63) is 22.6 Å². The molecule has 2 aliphatic heterocycles. The third-order valence-corrected chi connectivity index (χ3v) is 2.99. The van der Waals surface area contributed by atoms with Gasteiger partial charge in [-0.2, -0.15) is 0 Å². The average Bonchev–Trinajstić information content (AvgIpc) is 2.34. The van der Waals surface area contributed by atoms with Crippen LogP contribution in [0, 0.1) is 0 Å². The van der Waals surface area contributed by atoms with Crippen molar-refractivity contribution in [2.24, 2.45) is 4.99 Å². The summed E-state index contributed by atoms with van der Waals surface area (Å²) in [6.07, 6.45) is 5.59. The molecule has 0 spiro atoms. The maximum atomic E-state index is 11.1. The molecule has 0 bridgehead atoms. The first kappa shape index (κ1) is 6.04. The topological polar surface area (TPSA) is 29.4 Å². The van der Waals surface area contributed by atoms with Crippen LogP contribution >= 0.6 is 0 Å². The van der Waals surface area contributed by atoms with Crippen LogP contribution in [0.3, 0.4) is 0 Å². The van der Waals surface area contributed by atoms with Crippen LogP contribution in [0.4, 0.5) is 0 Å². The second-order valence-electron chi connectivity index (χ2n) is 2.26. The van der Waals surface area contributed by atoms with E-state index in [9.17, 15) is 4.21 Å². The van der Waals surface area contributed by atoms with E-state index in [1.165, 1.54) is 0 Å². The monoisotopic (exact) mass is 153 g/mol. The first-order valence-corrected chi connectivity index (χ1v) is 4.48. The Kier molecular flexibility index (Phi) is 1.31. The number of dihydropyridines is 1. The predicted molar refractivity (Wildman–Crippen MR) is 42.5 cm³/mol. The van der Waals surface area contributed by atoms with Crippen LogP contribution in [-0.2, 0) is 10.8 Å². The normalized spacial score (nSPS) is 29.4. The van der Waals surface area contributed by atoms with Crippen molar-refractivity contribution in [2.45, 2.75) is 0 Å². The van der Waals surface area contributed by atoms with Gasteiger partial charge in [-0.25, -0.2) is 0 Å². The van der Waals surface area contributed by atoms with Gasteiger partial charge in [-0.3, -0.25) is 9.20 Å². The molecule has 1 atom stereocenters. The van der Waals surface area contributed by atoms with Gasteiger partial charge >= 0.3 is 0 Å². The van der Waals surface area contributed by atoms with Gasteiger partial charge in [-0.05, 0) is 11.6 Å². The Morgan fingerprint density at radius 3 is 3.30 bits per heavy atom. The largest absolute Gasteiger partial charge is 0.288 e. The Hall–Kier alpha value is -0.700. The van der Waals surface area contributed by atoms with E-state index in [1.54, 1.807) is 6.21 Å². The molecule has 0 aromatic heterocycles. The van der Waals surface area contributed by atoms with Crippen molar-refractivity contribution in [3.63, 3.8) is 0 Å². The first-order valence-electron chi connectivity index (χ1n) is 3.16. The van der Waals surface area contributed by atoms with Crippen LogP contribution in [0.2, 0.25) is 0 Å². The second kappa shape index (κ2) is 2.16. The standard InChI is InChI=1S/C7H7NOS/c9-10-4-2-6-5-8-3-1-7(6)10/h1-3H,4-5H2. The van der Waals surface area contributed by atoms with Crippen molar-refractivity contribution in [1.29, 1.82) is 0 Å². The SMILES string of the molecule is O=S1CC=C2CN=CC=C21. The zero-order valence-electron chi connectivity index (χ0n) is 5.41. The smallest absolute Gasteiger partial charge is 0.0648 e. The summed E-state index contributed by atoms with van der Waals surface area (Å²) in [5.74, 6) is 0.685. The summed E-state index contributed by atoms with van der Waals surface area (Å²) in [5.41, 5.74) is 1.15. The van der Waals surface area contributed by atoms with Gasteiger partial charge in [0.05, 0.1) is 17.3 Å². The van der Waals surface area contributed by atoms with Crippen LogP contribution in [-0.4, -0.2) is 22.7 Å². The number of fused-ring (bicyclic) bond motifs is 1. The fraction of sp³-hybridized carbons (Fsp3) is 0.286. The summed E-state index contributed by atoms with van der Waals surface area (Å²) in [7, 11) is -0.762. The van der Waals surface area contributed by atoms with Gasteiger partial charge in [0.2, 0.25) is 0 Å². The summed E-state index contributed by atoms with van der Waals surface area (Å²) < 4.78 is 11.1. The zero-order valence-corrected chi connectivity index (χ0v) is 6.23. The lowest BCUT2D eigenvalue weighted by Crippen LogP contribution is -1.99. The molecule has 0 radical (unpaired) electrons. The predicted octanol–water partition coefficient (Wildman–Crippen LogP) is 0.643. The average molecular weight is 153 g/mol. The van der Waals surface area contributed by atoms with E-state index >= 15 is 0 Å². The van der Waals surface area contributed by atoms with E-state index in [0.717, 1.165) is 17.0 Å². The van der Waals surface area contributed by atoms with Gasteiger partial charge in [0.25, 0.3) is 0 Å². The van der Waals surface area contributed by atoms with Crippen molar-refractivity contribution in [1.82, 2.24) is 0 Å². The van der Waals surface area contributed by atoms with E-state index in [2.05, 4.69) is 4.99 Å². The van der Waals surface area contributed by atoms with Crippen LogP contribution < -0.4 is 0 Å². The molecule has 10 heavy (non-hydrogen) atoms. The van der Waals surface area contributed by atoms with Crippen molar-refractivity contribution in [2.75, 3.05) is 12.3 Å². The van der Waals surface area contributed by atoms with Gasteiger partial charge in [-0.15, -0.1) is 0 Å². The summed E-state index contributed by atoms with van der Waals surface area (Å²) >= 11 is 0. The molecule has 0 aromatic rings. The first-order chi connectivity index (χ1) is 4.88. The molecule has 0 fully saturated rings. The lowest BCUT2D eigenvalue weighted by atomic mass is 10.2. The number of nitrogens with zero attached hydrogens (tertiary/aromatic N) is 1. The summed E-state index contributed by atoms with van der Waals surface area (Å²) in [5, 5.41) is 0.